The van der Waals surface area contributed by atoms with Gasteiger partial charge in [0, 0.05) is 18.3 Å². The molecule has 0 spiro atoms. The first kappa shape index (κ1) is 23.1. The van der Waals surface area contributed by atoms with Crippen molar-refractivity contribution in [3.8, 4) is 5.75 Å². The lowest BCUT2D eigenvalue weighted by Gasteiger charge is -2.52. The van der Waals surface area contributed by atoms with Crippen LogP contribution in [-0.2, 0) is 36.9 Å². The highest BCUT2D eigenvalue weighted by Gasteiger charge is 2.69. The zero-order chi connectivity index (χ0) is 25.1. The van der Waals surface area contributed by atoms with E-state index in [2.05, 4.69) is 0 Å². The minimum absolute atomic E-state index is 0.0399. The molecule has 0 aliphatic heterocycles. The third-order valence-electron chi connectivity index (χ3n) is 7.51. The second kappa shape index (κ2) is 8.21. The van der Waals surface area contributed by atoms with Crippen LogP contribution in [0.3, 0.4) is 0 Å². The van der Waals surface area contributed by atoms with Crippen LogP contribution in [0.5, 0.6) is 5.75 Å². The monoisotopic (exact) mass is 477 g/mol. The third-order valence-corrected chi connectivity index (χ3v) is 7.51. The number of aliphatic hydroxyl groups is 1. The number of Topliss-reactive ketones (excluding diaryl/α,β-unsaturated/α-hetero) is 4. The molecule has 3 aliphatic rings. The summed E-state index contributed by atoms with van der Waals surface area (Å²) in [5.41, 5.74) is 3.69. The molecule has 9 heteroatoms. The van der Waals surface area contributed by atoms with Crippen LogP contribution in [0.2, 0.25) is 0 Å². The van der Waals surface area contributed by atoms with Gasteiger partial charge in [0.15, 0.2) is 34.7 Å². The summed E-state index contributed by atoms with van der Waals surface area (Å²) >= 11 is 0. The molecule has 0 bridgehead atoms. The summed E-state index contributed by atoms with van der Waals surface area (Å²) < 4.78 is 6.16. The van der Waals surface area contributed by atoms with Crippen LogP contribution in [0.4, 0.5) is 0 Å². The number of ketones is 4. The molecule has 0 saturated heterocycles. The number of carbonyl (C=O) groups is 5. The summed E-state index contributed by atoms with van der Waals surface area (Å²) in [7, 11) is 0. The van der Waals surface area contributed by atoms with Crippen molar-refractivity contribution in [3.63, 3.8) is 0 Å². The van der Waals surface area contributed by atoms with E-state index in [0.717, 1.165) is 5.56 Å². The summed E-state index contributed by atoms with van der Waals surface area (Å²) in [5, 5.41) is 21.9. The van der Waals surface area contributed by atoms with Crippen LogP contribution in [0, 0.1) is 23.7 Å². The molecule has 2 aromatic carbocycles. The summed E-state index contributed by atoms with van der Waals surface area (Å²) in [6, 6.07) is 13.6. The van der Waals surface area contributed by atoms with Crippen molar-refractivity contribution in [1.29, 1.82) is 0 Å². The molecule has 0 radical (unpaired) electrons. The Kier molecular flexibility index (Phi) is 5.41. The van der Waals surface area contributed by atoms with Gasteiger partial charge in [-0.15, -0.1) is 0 Å². The summed E-state index contributed by atoms with van der Waals surface area (Å²) in [4.78, 5) is 65.0. The quantitative estimate of drug-likeness (QED) is 0.537. The van der Waals surface area contributed by atoms with E-state index in [0.29, 0.717) is 5.56 Å². The second-order valence-corrected chi connectivity index (χ2v) is 9.39. The molecule has 6 atom stereocenters. The van der Waals surface area contributed by atoms with Crippen molar-refractivity contribution in [2.45, 2.75) is 31.2 Å². The molecule has 180 valence electrons. The lowest BCUT2D eigenvalue weighted by Crippen LogP contribution is -2.72. The molecule has 3 aliphatic carbocycles. The van der Waals surface area contributed by atoms with Crippen LogP contribution < -0.4 is 5.73 Å². The van der Waals surface area contributed by atoms with E-state index in [1.54, 1.807) is 36.4 Å². The molecule has 1 amide bonds. The Hall–Kier alpha value is -3.69. The standard InChI is InChI=1S/C26H23NO8/c27-25(33)20-17(29)10-15-22(35-11-12-5-2-1-3-6-12)14-9-13-7-4-8-16(28)18(13)21(30)19(14)23(31)26(15,34)24(20)32/h1-8,14-15,19-20,22,28,34H,9-11H2,(H2,27,33)/t14-,15-,19?,20?,22+,26+/m1/s1. The molecule has 4 N–H and O–H groups in total. The minimum atomic E-state index is -2.80. The van der Waals surface area contributed by atoms with Crippen LogP contribution in [0.25, 0.3) is 0 Å². The number of fused-ring (bicyclic) bond motifs is 3. The molecule has 0 aromatic heterocycles. The highest BCUT2D eigenvalue weighted by atomic mass is 16.5. The van der Waals surface area contributed by atoms with Gasteiger partial charge in [0.25, 0.3) is 0 Å². The van der Waals surface area contributed by atoms with Crippen LogP contribution in [0.15, 0.2) is 48.5 Å². The third kappa shape index (κ3) is 3.34. The van der Waals surface area contributed by atoms with Gasteiger partial charge in [0.2, 0.25) is 5.91 Å². The van der Waals surface area contributed by atoms with Gasteiger partial charge in [-0.1, -0.05) is 42.5 Å². The molecule has 2 aromatic rings. The first-order valence-corrected chi connectivity index (χ1v) is 11.3. The van der Waals surface area contributed by atoms with E-state index >= 15 is 0 Å². The van der Waals surface area contributed by atoms with Crippen LogP contribution in [-0.4, -0.2) is 51.0 Å². The van der Waals surface area contributed by atoms with Gasteiger partial charge in [-0.25, -0.2) is 0 Å². The number of ether oxygens (including phenoxy) is 1. The van der Waals surface area contributed by atoms with Crippen molar-refractivity contribution in [1.82, 2.24) is 0 Å². The number of phenolic OH excluding ortho intramolecular Hbond substituents is 1. The van der Waals surface area contributed by atoms with Crippen LogP contribution >= 0.6 is 0 Å². The predicted molar refractivity (Wildman–Crippen MR) is 119 cm³/mol. The van der Waals surface area contributed by atoms with E-state index in [9.17, 15) is 34.2 Å². The Morgan fingerprint density at radius 2 is 1.71 bits per heavy atom. The molecule has 2 fully saturated rings. The molecule has 2 unspecified atom stereocenters. The first-order chi connectivity index (χ1) is 16.7. The number of benzene rings is 2. The first-order valence-electron chi connectivity index (χ1n) is 11.3. The Balaban J connectivity index is 1.63. The van der Waals surface area contributed by atoms with E-state index in [4.69, 9.17) is 10.5 Å². The van der Waals surface area contributed by atoms with Crippen molar-refractivity contribution >= 4 is 29.0 Å². The fourth-order valence-corrected chi connectivity index (χ4v) is 5.90. The van der Waals surface area contributed by atoms with Crippen molar-refractivity contribution in [3.05, 3.63) is 65.2 Å². The van der Waals surface area contributed by atoms with Crippen molar-refractivity contribution in [2.24, 2.45) is 29.4 Å². The van der Waals surface area contributed by atoms with Crippen LogP contribution in [0.1, 0.15) is 27.9 Å². The molecule has 2 saturated carbocycles. The van der Waals surface area contributed by atoms with Crippen molar-refractivity contribution in [2.75, 3.05) is 0 Å². The summed E-state index contributed by atoms with van der Waals surface area (Å²) in [6.45, 7) is 0.0399. The Bertz CT molecular complexity index is 1270. The lowest BCUT2D eigenvalue weighted by molar-refractivity contribution is -0.194. The molecular formula is C26H23NO8. The fraction of sp³-hybridized carbons (Fsp3) is 0.346. The molecule has 5 rings (SSSR count). The maximum absolute atomic E-state index is 13.7. The number of rotatable bonds is 4. The predicted octanol–water partition coefficient (Wildman–Crippen LogP) is 0.522. The molecule has 0 heterocycles. The zero-order valence-corrected chi connectivity index (χ0v) is 18.5. The van der Waals surface area contributed by atoms with E-state index in [1.807, 2.05) is 6.07 Å². The number of amides is 1. The van der Waals surface area contributed by atoms with Crippen molar-refractivity contribution < 1.29 is 38.9 Å². The molecule has 35 heavy (non-hydrogen) atoms. The van der Waals surface area contributed by atoms with Gasteiger partial charge in [0.05, 0.1) is 24.2 Å². The van der Waals surface area contributed by atoms with E-state index in [-0.39, 0.29) is 24.3 Å². The maximum atomic E-state index is 13.7. The van der Waals surface area contributed by atoms with E-state index in [1.165, 1.54) is 6.07 Å². The van der Waals surface area contributed by atoms with Gasteiger partial charge >= 0.3 is 0 Å². The number of hydrogen-bond donors (Lipinski definition) is 3. The number of phenols is 1. The van der Waals surface area contributed by atoms with Gasteiger partial charge in [0.1, 0.15) is 5.75 Å². The normalized spacial score (nSPS) is 32.0. The highest BCUT2D eigenvalue weighted by Crippen LogP contribution is 2.51. The summed E-state index contributed by atoms with van der Waals surface area (Å²) in [6.07, 6.45) is -1.37. The average molecular weight is 477 g/mol. The van der Waals surface area contributed by atoms with E-state index < -0.39 is 70.8 Å². The molecule has 9 nitrogen and oxygen atoms in total. The number of carbonyl (C=O) groups excluding carboxylic acids is 5. The van der Waals surface area contributed by atoms with Gasteiger partial charge in [-0.3, -0.25) is 24.0 Å². The smallest absolute Gasteiger partial charge is 0.235 e. The lowest BCUT2D eigenvalue weighted by atomic mass is 9.52. The largest absolute Gasteiger partial charge is 0.507 e. The zero-order valence-electron chi connectivity index (χ0n) is 18.5. The Labute approximate surface area is 199 Å². The van der Waals surface area contributed by atoms with Gasteiger partial charge in [-0.2, -0.15) is 0 Å². The topological polar surface area (TPSA) is 161 Å². The van der Waals surface area contributed by atoms with Gasteiger partial charge < -0.3 is 20.7 Å². The van der Waals surface area contributed by atoms with Gasteiger partial charge in [-0.05, 0) is 23.6 Å². The number of hydrogen-bond acceptors (Lipinski definition) is 8. The number of nitrogens with two attached hydrogens (primary N) is 1. The average Bonchev–Trinajstić information content (AvgIpc) is 2.81. The number of primary amides is 1. The second-order valence-electron chi connectivity index (χ2n) is 9.39. The highest BCUT2D eigenvalue weighted by molar-refractivity contribution is 6.31. The maximum Gasteiger partial charge on any atom is 0.235 e. The fourth-order valence-electron chi connectivity index (χ4n) is 5.90. The molecular weight excluding hydrogens is 454 g/mol. The Morgan fingerprint density at radius 1 is 1.00 bits per heavy atom. The minimum Gasteiger partial charge on any atom is -0.507 e. The number of aromatic hydroxyl groups is 1. The Morgan fingerprint density at radius 3 is 2.40 bits per heavy atom. The SMILES string of the molecule is NC(=O)C1C(=O)C[C@@H]2[C@@H](OCc3ccccc3)[C@@H]3Cc4cccc(O)c4C(=O)C3C(=O)[C@]2(O)C1=O. The summed E-state index contributed by atoms with van der Waals surface area (Å²) in [5.74, 6) is -11.1.